The molecule has 0 fully saturated rings. The molecule has 2 N–H and O–H groups in total. The third-order valence-electron chi connectivity index (χ3n) is 4.80. The van der Waals surface area contributed by atoms with E-state index in [0.29, 0.717) is 12.3 Å². The van der Waals surface area contributed by atoms with E-state index in [4.69, 9.17) is 14.9 Å². The molecule has 7 nitrogen and oxygen atoms in total. The molecule has 150 valence electrons. The molecule has 0 aliphatic rings. The summed E-state index contributed by atoms with van der Waals surface area (Å²) >= 11 is 0. The molecule has 3 rings (SSSR count). The Hall–Kier alpha value is -2.45. The Morgan fingerprint density at radius 3 is 2.43 bits per heavy atom. The summed E-state index contributed by atoms with van der Waals surface area (Å²) in [5.41, 5.74) is 3.73. The van der Waals surface area contributed by atoms with E-state index in [9.17, 15) is 8.42 Å². The number of rotatable bonds is 8. The lowest BCUT2D eigenvalue weighted by atomic mass is 10.2. The molecule has 0 amide bonds. The fourth-order valence-electron chi connectivity index (χ4n) is 3.25. The van der Waals surface area contributed by atoms with Crippen LogP contribution in [0.15, 0.2) is 30.3 Å². The number of fused-ring (bicyclic) bond motifs is 1. The van der Waals surface area contributed by atoms with Gasteiger partial charge in [0.15, 0.2) is 5.52 Å². The van der Waals surface area contributed by atoms with Crippen molar-refractivity contribution < 1.29 is 13.2 Å². The molecule has 0 saturated heterocycles. The van der Waals surface area contributed by atoms with Crippen molar-refractivity contribution in [2.45, 2.75) is 46.6 Å². The van der Waals surface area contributed by atoms with Crippen LogP contribution in [0.2, 0.25) is 0 Å². The van der Waals surface area contributed by atoms with Crippen LogP contribution in [0, 0.1) is 20.8 Å². The highest BCUT2D eigenvalue weighted by Gasteiger charge is 2.18. The molecule has 1 aromatic carbocycles. The lowest BCUT2D eigenvalue weighted by molar-refractivity contribution is 0.466. The van der Waals surface area contributed by atoms with Crippen LogP contribution < -0.4 is 9.88 Å². The first kappa shape index (κ1) is 20.3. The molecule has 8 heteroatoms. The van der Waals surface area contributed by atoms with Gasteiger partial charge in [0.25, 0.3) is 0 Å². The Labute approximate surface area is 165 Å². The second-order valence-electron chi connectivity index (χ2n) is 6.98. The van der Waals surface area contributed by atoms with Gasteiger partial charge in [-0.25, -0.2) is 23.5 Å². The van der Waals surface area contributed by atoms with Crippen molar-refractivity contribution in [2.75, 3.05) is 5.75 Å². The number of benzene rings is 1. The van der Waals surface area contributed by atoms with Crippen LogP contribution >= 0.6 is 0 Å². The van der Waals surface area contributed by atoms with Crippen molar-refractivity contribution >= 4 is 21.1 Å². The number of primary sulfonamides is 1. The van der Waals surface area contributed by atoms with Crippen molar-refractivity contribution in [1.82, 2.24) is 14.5 Å². The fraction of sp³-hybridized carbons (Fsp3) is 0.400. The highest BCUT2D eigenvalue weighted by atomic mass is 32.2. The molecule has 0 unspecified atom stereocenters. The number of aromatic nitrogens is 3. The Balaban J connectivity index is 1.86. The summed E-state index contributed by atoms with van der Waals surface area (Å²) in [6.07, 6.45) is 2.19. The van der Waals surface area contributed by atoms with Crippen molar-refractivity contribution in [3.8, 4) is 11.6 Å². The summed E-state index contributed by atoms with van der Waals surface area (Å²) in [6.45, 7) is 6.72. The van der Waals surface area contributed by atoms with Crippen LogP contribution in [-0.2, 0) is 16.6 Å². The fourth-order valence-corrected chi connectivity index (χ4v) is 3.86. The summed E-state index contributed by atoms with van der Waals surface area (Å²) in [6, 6.07) is 9.54. The van der Waals surface area contributed by atoms with Crippen LogP contribution in [0.5, 0.6) is 11.6 Å². The smallest absolute Gasteiger partial charge is 0.247 e. The van der Waals surface area contributed by atoms with Crippen LogP contribution in [0.3, 0.4) is 0 Å². The summed E-state index contributed by atoms with van der Waals surface area (Å²) < 4.78 is 30.3. The van der Waals surface area contributed by atoms with Gasteiger partial charge >= 0.3 is 0 Å². The molecule has 3 aromatic rings. The average Bonchev–Trinajstić information content (AvgIpc) is 2.96. The lowest BCUT2D eigenvalue weighted by Crippen LogP contribution is -2.16. The first-order chi connectivity index (χ1) is 13.3. The molecule has 0 aliphatic carbocycles. The molecule has 0 spiro atoms. The van der Waals surface area contributed by atoms with Crippen LogP contribution in [0.4, 0.5) is 0 Å². The maximum Gasteiger partial charge on any atom is 0.247 e. The molecule has 2 aromatic heterocycles. The zero-order chi connectivity index (χ0) is 20.3. The normalized spacial score (nSPS) is 11.9. The highest BCUT2D eigenvalue weighted by Crippen LogP contribution is 2.32. The van der Waals surface area contributed by atoms with Gasteiger partial charge in [-0.2, -0.15) is 0 Å². The van der Waals surface area contributed by atoms with Crippen molar-refractivity contribution in [2.24, 2.45) is 5.14 Å². The molecule has 2 heterocycles. The third kappa shape index (κ3) is 4.69. The second kappa shape index (κ2) is 8.28. The van der Waals surface area contributed by atoms with Crippen molar-refractivity contribution in [3.63, 3.8) is 0 Å². The van der Waals surface area contributed by atoms with E-state index in [-0.39, 0.29) is 5.75 Å². The molecule has 0 radical (unpaired) electrons. The monoisotopic (exact) mass is 402 g/mol. The van der Waals surface area contributed by atoms with Gasteiger partial charge in [-0.15, -0.1) is 0 Å². The topological polar surface area (TPSA) is 100 Å². The second-order valence-corrected chi connectivity index (χ2v) is 8.71. The van der Waals surface area contributed by atoms with Gasteiger partial charge in [-0.1, -0.05) is 24.6 Å². The number of sulfonamides is 1. The Morgan fingerprint density at radius 2 is 1.75 bits per heavy atom. The molecular formula is C20H26N4O3S. The first-order valence-electron chi connectivity index (χ1n) is 9.33. The predicted molar refractivity (Wildman–Crippen MR) is 110 cm³/mol. The van der Waals surface area contributed by atoms with Crippen molar-refractivity contribution in [1.29, 1.82) is 0 Å². The van der Waals surface area contributed by atoms with E-state index >= 15 is 0 Å². The first-order valence-corrected chi connectivity index (χ1v) is 11.0. The quantitative estimate of drug-likeness (QED) is 0.580. The largest absolute Gasteiger partial charge is 0.437 e. The van der Waals surface area contributed by atoms with Gasteiger partial charge in [0, 0.05) is 12.2 Å². The number of unbranched alkanes of at least 4 members (excludes halogenated alkanes) is 2. The third-order valence-corrected chi connectivity index (χ3v) is 5.65. The predicted octanol–water partition coefficient (Wildman–Crippen LogP) is 3.61. The van der Waals surface area contributed by atoms with Gasteiger partial charge in [-0.3, -0.25) is 0 Å². The summed E-state index contributed by atoms with van der Waals surface area (Å²) in [5, 5.41) is 5.06. The minimum absolute atomic E-state index is 0.0216. The Bertz CT molecular complexity index is 1080. The molecule has 0 saturated carbocycles. The number of aryl methyl sites for hydroxylation is 4. The van der Waals surface area contributed by atoms with E-state index in [1.54, 1.807) is 0 Å². The lowest BCUT2D eigenvalue weighted by Gasteiger charge is -2.12. The minimum atomic E-state index is -3.39. The molecule has 0 bridgehead atoms. The summed E-state index contributed by atoms with van der Waals surface area (Å²) in [4.78, 5) is 9.32. The summed E-state index contributed by atoms with van der Waals surface area (Å²) in [5.74, 6) is 2.12. The Morgan fingerprint density at radius 1 is 1.04 bits per heavy atom. The number of nitrogens with zero attached hydrogens (tertiary/aromatic N) is 3. The van der Waals surface area contributed by atoms with Crippen LogP contribution in [0.1, 0.15) is 36.3 Å². The van der Waals surface area contributed by atoms with E-state index in [1.807, 2.05) is 51.1 Å². The van der Waals surface area contributed by atoms with E-state index in [0.717, 1.165) is 53.3 Å². The standard InChI is InChI=1S/C20H26N4O3S/c1-14-15(2)22-20(27-17-10-6-4-7-11-17)18-19(14)24(16(3)23-18)12-8-5-9-13-28(21,25)26/h4,6-7,10-11H,5,8-9,12-13H2,1-3H3,(H2,21,25,26). The number of ether oxygens (including phenoxy) is 1. The maximum absolute atomic E-state index is 11.1. The zero-order valence-electron chi connectivity index (χ0n) is 16.5. The molecule has 0 aliphatic heterocycles. The van der Waals surface area contributed by atoms with E-state index in [2.05, 4.69) is 9.55 Å². The SMILES string of the molecule is Cc1nc(Oc2ccccc2)c2nc(C)n(CCCCCS(N)(=O)=O)c2c1C. The average molecular weight is 403 g/mol. The zero-order valence-corrected chi connectivity index (χ0v) is 17.3. The van der Waals surface area contributed by atoms with Gasteiger partial charge in [0.1, 0.15) is 11.6 Å². The number of hydrogen-bond acceptors (Lipinski definition) is 5. The maximum atomic E-state index is 11.1. The van der Waals surface area contributed by atoms with Gasteiger partial charge in [-0.05, 0) is 51.3 Å². The number of nitrogens with two attached hydrogens (primary N) is 1. The van der Waals surface area contributed by atoms with Crippen LogP contribution in [-0.4, -0.2) is 28.7 Å². The van der Waals surface area contributed by atoms with Crippen molar-refractivity contribution in [3.05, 3.63) is 47.4 Å². The number of para-hydroxylation sites is 1. The number of imidazole rings is 1. The highest BCUT2D eigenvalue weighted by molar-refractivity contribution is 7.89. The Kier molecular flexibility index (Phi) is 6.00. The summed E-state index contributed by atoms with van der Waals surface area (Å²) in [7, 11) is -3.39. The molecule has 28 heavy (non-hydrogen) atoms. The van der Waals surface area contributed by atoms with Crippen LogP contribution in [0.25, 0.3) is 11.0 Å². The van der Waals surface area contributed by atoms with Gasteiger partial charge < -0.3 is 9.30 Å². The number of pyridine rings is 1. The van der Waals surface area contributed by atoms with E-state index < -0.39 is 10.0 Å². The van der Waals surface area contributed by atoms with Gasteiger partial charge in [0.2, 0.25) is 15.9 Å². The molecular weight excluding hydrogens is 376 g/mol. The van der Waals surface area contributed by atoms with E-state index in [1.165, 1.54) is 0 Å². The molecule has 0 atom stereocenters. The number of hydrogen-bond donors (Lipinski definition) is 1. The van der Waals surface area contributed by atoms with Gasteiger partial charge in [0.05, 0.1) is 11.3 Å². The minimum Gasteiger partial charge on any atom is -0.437 e.